The molecule has 0 aliphatic rings. The number of halogens is 1. The summed E-state index contributed by atoms with van der Waals surface area (Å²) in [5.41, 5.74) is 1.73. The third-order valence-electron chi connectivity index (χ3n) is 2.39. The van der Waals surface area contributed by atoms with Crippen LogP contribution in [0.25, 0.3) is 6.08 Å². The third kappa shape index (κ3) is 5.70. The Bertz CT molecular complexity index is 494. The van der Waals surface area contributed by atoms with Crippen LogP contribution in [0.3, 0.4) is 0 Å². The molecule has 5 heteroatoms. The van der Waals surface area contributed by atoms with Gasteiger partial charge in [-0.1, -0.05) is 28.1 Å². The Morgan fingerprint density at radius 2 is 2.16 bits per heavy atom. The van der Waals surface area contributed by atoms with Crippen molar-refractivity contribution in [2.24, 2.45) is 0 Å². The fourth-order valence-corrected chi connectivity index (χ4v) is 1.97. The van der Waals surface area contributed by atoms with Crippen molar-refractivity contribution in [2.45, 2.75) is 19.8 Å². The average molecular weight is 327 g/mol. The third-order valence-corrected chi connectivity index (χ3v) is 3.17. The second-order valence-corrected chi connectivity index (χ2v) is 4.68. The maximum atomic E-state index is 11.3. The average Bonchev–Trinajstić information content (AvgIpc) is 2.36. The highest BCUT2D eigenvalue weighted by atomic mass is 79.9. The van der Waals surface area contributed by atoms with E-state index in [4.69, 9.17) is 9.84 Å². The number of carbonyl (C=O) groups excluding carboxylic acids is 1. The van der Waals surface area contributed by atoms with Gasteiger partial charge in [-0.3, -0.25) is 4.79 Å². The first-order chi connectivity index (χ1) is 9.02. The molecule has 102 valence electrons. The lowest BCUT2D eigenvalue weighted by atomic mass is 10.1. The summed E-state index contributed by atoms with van der Waals surface area (Å²) in [6, 6.07) is 5.49. The first-order valence-electron chi connectivity index (χ1n) is 5.88. The molecule has 1 aromatic rings. The van der Waals surface area contributed by atoms with E-state index >= 15 is 0 Å². The molecule has 1 aromatic carbocycles. The number of carboxylic acids is 1. The first-order valence-corrected chi connectivity index (χ1v) is 6.67. The number of aliphatic carboxylic acids is 1. The zero-order valence-electron chi connectivity index (χ0n) is 10.6. The number of esters is 1. The molecule has 1 N–H and O–H groups in total. The number of aryl methyl sites for hydroxylation is 1. The van der Waals surface area contributed by atoms with Crippen LogP contribution >= 0.6 is 15.9 Å². The summed E-state index contributed by atoms with van der Waals surface area (Å²) in [6.07, 6.45) is 3.45. The number of hydrogen-bond acceptors (Lipinski definition) is 3. The molecule has 0 heterocycles. The Balaban J connectivity index is 2.74. The van der Waals surface area contributed by atoms with Crippen LogP contribution in [-0.2, 0) is 20.7 Å². The lowest BCUT2D eigenvalue weighted by molar-refractivity contribution is -0.143. The van der Waals surface area contributed by atoms with E-state index < -0.39 is 5.97 Å². The molecule has 0 fully saturated rings. The van der Waals surface area contributed by atoms with Crippen molar-refractivity contribution in [1.82, 2.24) is 0 Å². The summed E-state index contributed by atoms with van der Waals surface area (Å²) in [5, 5.41) is 8.58. The van der Waals surface area contributed by atoms with Crippen LogP contribution in [0.5, 0.6) is 0 Å². The van der Waals surface area contributed by atoms with Crippen LogP contribution in [0, 0.1) is 0 Å². The Labute approximate surface area is 120 Å². The highest BCUT2D eigenvalue weighted by molar-refractivity contribution is 9.10. The van der Waals surface area contributed by atoms with E-state index in [9.17, 15) is 9.59 Å². The van der Waals surface area contributed by atoms with Gasteiger partial charge in [-0.2, -0.15) is 0 Å². The number of ether oxygens (including phenoxy) is 1. The molecule has 0 atom stereocenters. The van der Waals surface area contributed by atoms with Crippen molar-refractivity contribution in [1.29, 1.82) is 0 Å². The Kier molecular flexibility index (Phi) is 6.29. The molecule has 19 heavy (non-hydrogen) atoms. The minimum absolute atomic E-state index is 0.235. The van der Waals surface area contributed by atoms with Crippen LogP contribution in [0.2, 0.25) is 0 Å². The molecule has 0 unspecified atom stereocenters. The SMILES string of the molecule is CCOC(=O)CCc1cc(/C=C/C(=O)O)ccc1Br. The fourth-order valence-electron chi connectivity index (χ4n) is 1.53. The molecular weight excluding hydrogens is 312 g/mol. The van der Waals surface area contributed by atoms with E-state index in [0.717, 1.165) is 21.7 Å². The summed E-state index contributed by atoms with van der Waals surface area (Å²) in [5.74, 6) is -1.23. The van der Waals surface area contributed by atoms with Crippen LogP contribution in [0.1, 0.15) is 24.5 Å². The number of carboxylic acid groups (broad SMARTS) is 1. The minimum atomic E-state index is -0.990. The topological polar surface area (TPSA) is 63.6 Å². The van der Waals surface area contributed by atoms with Crippen molar-refractivity contribution in [3.05, 3.63) is 39.9 Å². The maximum Gasteiger partial charge on any atom is 0.328 e. The molecule has 4 nitrogen and oxygen atoms in total. The monoisotopic (exact) mass is 326 g/mol. The van der Waals surface area contributed by atoms with E-state index in [2.05, 4.69) is 15.9 Å². The van der Waals surface area contributed by atoms with Gasteiger partial charge in [-0.05, 0) is 36.6 Å². The summed E-state index contributed by atoms with van der Waals surface area (Å²) in [7, 11) is 0. The largest absolute Gasteiger partial charge is 0.478 e. The highest BCUT2D eigenvalue weighted by Crippen LogP contribution is 2.20. The normalized spacial score (nSPS) is 10.6. The van der Waals surface area contributed by atoms with E-state index in [-0.39, 0.29) is 5.97 Å². The number of benzene rings is 1. The van der Waals surface area contributed by atoms with Gasteiger partial charge in [0.2, 0.25) is 0 Å². The van der Waals surface area contributed by atoms with Gasteiger partial charge in [-0.15, -0.1) is 0 Å². The maximum absolute atomic E-state index is 11.3. The van der Waals surface area contributed by atoms with Crippen LogP contribution < -0.4 is 0 Å². The molecule has 0 aromatic heterocycles. The zero-order chi connectivity index (χ0) is 14.3. The Morgan fingerprint density at radius 3 is 2.79 bits per heavy atom. The van der Waals surface area contributed by atoms with E-state index in [1.54, 1.807) is 13.0 Å². The number of rotatable bonds is 6. The minimum Gasteiger partial charge on any atom is -0.478 e. The Hall–Kier alpha value is -1.62. The predicted octanol–water partition coefficient (Wildman–Crippen LogP) is 3.04. The lowest BCUT2D eigenvalue weighted by Crippen LogP contribution is -2.05. The summed E-state index contributed by atoms with van der Waals surface area (Å²) < 4.78 is 5.76. The van der Waals surface area contributed by atoms with Gasteiger partial charge in [0.1, 0.15) is 0 Å². The highest BCUT2D eigenvalue weighted by Gasteiger charge is 2.06. The van der Waals surface area contributed by atoms with E-state index in [1.165, 1.54) is 6.08 Å². The van der Waals surface area contributed by atoms with Gasteiger partial charge in [0.25, 0.3) is 0 Å². The summed E-state index contributed by atoms with van der Waals surface area (Å²) >= 11 is 3.41. The molecule has 0 saturated carbocycles. The van der Waals surface area contributed by atoms with Gasteiger partial charge in [0.15, 0.2) is 0 Å². The van der Waals surface area contributed by atoms with Crippen molar-refractivity contribution in [2.75, 3.05) is 6.61 Å². The van der Waals surface area contributed by atoms with Gasteiger partial charge >= 0.3 is 11.9 Å². The van der Waals surface area contributed by atoms with Crippen molar-refractivity contribution in [3.63, 3.8) is 0 Å². The molecule has 0 saturated heterocycles. The number of hydrogen-bond donors (Lipinski definition) is 1. The second kappa shape index (κ2) is 7.74. The smallest absolute Gasteiger partial charge is 0.328 e. The summed E-state index contributed by atoms with van der Waals surface area (Å²) in [6.45, 7) is 2.15. The number of carbonyl (C=O) groups is 2. The molecule has 0 amide bonds. The van der Waals surface area contributed by atoms with Crippen LogP contribution in [-0.4, -0.2) is 23.7 Å². The molecule has 1 rings (SSSR count). The van der Waals surface area contributed by atoms with Gasteiger partial charge in [0, 0.05) is 17.0 Å². The quantitative estimate of drug-likeness (QED) is 0.644. The van der Waals surface area contributed by atoms with Crippen LogP contribution in [0.4, 0.5) is 0 Å². The van der Waals surface area contributed by atoms with Crippen molar-refractivity contribution in [3.8, 4) is 0 Å². The predicted molar refractivity (Wildman–Crippen MR) is 75.8 cm³/mol. The van der Waals surface area contributed by atoms with Gasteiger partial charge < -0.3 is 9.84 Å². The van der Waals surface area contributed by atoms with E-state index in [0.29, 0.717) is 19.4 Å². The molecule has 0 spiro atoms. The fraction of sp³-hybridized carbons (Fsp3) is 0.286. The molecule has 0 aliphatic heterocycles. The van der Waals surface area contributed by atoms with Crippen molar-refractivity contribution >= 4 is 33.9 Å². The second-order valence-electron chi connectivity index (χ2n) is 3.83. The molecule has 0 radical (unpaired) electrons. The summed E-state index contributed by atoms with van der Waals surface area (Å²) in [4.78, 5) is 21.8. The lowest BCUT2D eigenvalue weighted by Gasteiger charge is -2.06. The Morgan fingerprint density at radius 1 is 1.42 bits per heavy atom. The standard InChI is InChI=1S/C14H15BrO4/c1-2-19-14(18)8-5-11-9-10(3-6-12(11)15)4-7-13(16)17/h3-4,6-7,9H,2,5,8H2,1H3,(H,16,17)/b7-4+. The van der Waals surface area contributed by atoms with E-state index in [1.807, 2.05) is 12.1 Å². The molecular formula is C14H15BrO4. The van der Waals surface area contributed by atoms with Crippen LogP contribution in [0.15, 0.2) is 28.7 Å². The van der Waals surface area contributed by atoms with Gasteiger partial charge in [-0.25, -0.2) is 4.79 Å². The molecule has 0 aliphatic carbocycles. The van der Waals surface area contributed by atoms with Crippen molar-refractivity contribution < 1.29 is 19.4 Å². The first kappa shape index (κ1) is 15.4. The van der Waals surface area contributed by atoms with Gasteiger partial charge in [0.05, 0.1) is 6.61 Å². The zero-order valence-corrected chi connectivity index (χ0v) is 12.1. The molecule has 0 bridgehead atoms.